The molecule has 0 radical (unpaired) electrons. The molecule has 11 nitrogen and oxygen atoms in total. The largest absolute Gasteiger partial charge is 0.493 e. The average molecular weight is 479 g/mol. The summed E-state index contributed by atoms with van der Waals surface area (Å²) < 4.78 is 20.7. The van der Waals surface area contributed by atoms with Crippen molar-refractivity contribution in [1.29, 1.82) is 0 Å². The number of aromatic nitrogens is 5. The van der Waals surface area contributed by atoms with Crippen LogP contribution in [0.25, 0.3) is 11.7 Å². The van der Waals surface area contributed by atoms with Gasteiger partial charge in [-0.25, -0.2) is 19.0 Å². The van der Waals surface area contributed by atoms with Gasteiger partial charge in [-0.2, -0.15) is 9.61 Å². The normalized spacial score (nSPS) is 14.6. The number of H-pyrrole nitrogens is 2. The first-order valence-electron chi connectivity index (χ1n) is 11.1. The summed E-state index contributed by atoms with van der Waals surface area (Å²) in [6, 6.07) is 5.49. The van der Waals surface area contributed by atoms with Gasteiger partial charge in [0.1, 0.15) is 17.3 Å². The molecule has 0 unspecified atom stereocenters. The first-order valence-corrected chi connectivity index (χ1v) is 11.1. The van der Waals surface area contributed by atoms with E-state index in [0.717, 1.165) is 18.9 Å². The van der Waals surface area contributed by atoms with Crippen molar-refractivity contribution in [3.8, 4) is 5.88 Å². The van der Waals surface area contributed by atoms with E-state index in [0.29, 0.717) is 40.3 Å². The van der Waals surface area contributed by atoms with E-state index < -0.39 is 17.5 Å². The third kappa shape index (κ3) is 4.90. The summed E-state index contributed by atoms with van der Waals surface area (Å²) in [5.74, 6) is -0.675. The summed E-state index contributed by atoms with van der Waals surface area (Å²) in [5, 5.41) is 17.8. The summed E-state index contributed by atoms with van der Waals surface area (Å²) >= 11 is 0. The number of aromatic amines is 2. The fraction of sp³-hybridized carbons (Fsp3) is 0.261. The van der Waals surface area contributed by atoms with Gasteiger partial charge in [0.2, 0.25) is 5.88 Å². The molecular weight excluding hydrogens is 457 g/mol. The summed E-state index contributed by atoms with van der Waals surface area (Å²) in [5.41, 5.74) is 0.913. The SMILES string of the molecule is CCOC(=O)c1cc(F)cc(Nc2cc(=NCC3CC3)n3nc/c(=C\c4[nH]c(=O)[nH]c4O)c3n2)c1. The van der Waals surface area contributed by atoms with Crippen LogP contribution in [0.4, 0.5) is 15.9 Å². The van der Waals surface area contributed by atoms with E-state index in [9.17, 15) is 19.1 Å². The fourth-order valence-electron chi connectivity index (χ4n) is 3.56. The molecule has 1 aliphatic carbocycles. The Morgan fingerprint density at radius 1 is 1.34 bits per heavy atom. The minimum atomic E-state index is -0.633. The minimum Gasteiger partial charge on any atom is -0.493 e. The van der Waals surface area contributed by atoms with Gasteiger partial charge in [-0.05, 0) is 50.0 Å². The van der Waals surface area contributed by atoms with Crippen LogP contribution in [-0.2, 0) is 4.74 Å². The fourth-order valence-corrected chi connectivity index (χ4v) is 3.56. The first kappa shape index (κ1) is 22.3. The van der Waals surface area contributed by atoms with Crippen molar-refractivity contribution in [2.45, 2.75) is 19.8 Å². The van der Waals surface area contributed by atoms with Crippen LogP contribution in [0.2, 0.25) is 0 Å². The molecule has 5 rings (SSSR count). The Hall–Kier alpha value is -4.48. The van der Waals surface area contributed by atoms with E-state index >= 15 is 0 Å². The number of halogens is 1. The zero-order chi connectivity index (χ0) is 24.5. The number of carbonyl (C=O) groups excluding carboxylic acids is 1. The molecule has 1 fully saturated rings. The number of imidazole rings is 1. The van der Waals surface area contributed by atoms with E-state index in [1.165, 1.54) is 24.4 Å². The highest BCUT2D eigenvalue weighted by atomic mass is 19.1. The molecular formula is C23H22FN7O4. The summed E-state index contributed by atoms with van der Waals surface area (Å²) in [4.78, 5) is 37.6. The van der Waals surface area contributed by atoms with Crippen molar-refractivity contribution in [3.63, 3.8) is 0 Å². The number of nitrogens with one attached hydrogen (secondary N) is 3. The second-order valence-electron chi connectivity index (χ2n) is 8.18. The quantitative estimate of drug-likeness (QED) is 0.292. The Balaban J connectivity index is 1.60. The van der Waals surface area contributed by atoms with E-state index in [1.54, 1.807) is 17.5 Å². The molecule has 0 amide bonds. The van der Waals surface area contributed by atoms with Crippen molar-refractivity contribution in [3.05, 3.63) is 68.7 Å². The van der Waals surface area contributed by atoms with Crippen LogP contribution in [0.3, 0.4) is 0 Å². The maximum absolute atomic E-state index is 14.2. The highest BCUT2D eigenvalue weighted by Gasteiger charge is 2.20. The van der Waals surface area contributed by atoms with Gasteiger partial charge in [0.05, 0.1) is 18.4 Å². The summed E-state index contributed by atoms with van der Waals surface area (Å²) in [7, 11) is 0. The molecule has 3 heterocycles. The van der Waals surface area contributed by atoms with Crippen molar-refractivity contribution in [2.75, 3.05) is 18.5 Å². The van der Waals surface area contributed by atoms with E-state index in [2.05, 4.69) is 30.4 Å². The number of anilines is 2. The van der Waals surface area contributed by atoms with Gasteiger partial charge in [0, 0.05) is 23.5 Å². The van der Waals surface area contributed by atoms with Gasteiger partial charge in [-0.1, -0.05) is 0 Å². The Morgan fingerprint density at radius 2 is 2.17 bits per heavy atom. The Kier molecular flexibility index (Phi) is 5.77. The standard InChI is InChI=1S/C23H22FN7O4/c1-2-35-22(33)13-5-15(24)8-16(6-13)27-18-9-19(25-10-12-3-4-12)31-20(29-18)14(11-26-31)7-17-21(32)30-23(34)28-17/h5-9,11-12,27,32H,2-4,10H2,1H3,(H2,28,30,34)/b14-7+,25-19?. The number of hydrogen-bond acceptors (Lipinski definition) is 8. The van der Waals surface area contributed by atoms with Gasteiger partial charge in [0.25, 0.3) is 0 Å². The lowest BCUT2D eigenvalue weighted by Crippen LogP contribution is -2.20. The summed E-state index contributed by atoms with van der Waals surface area (Å²) in [6.07, 6.45) is 5.31. The minimum absolute atomic E-state index is 0.0688. The van der Waals surface area contributed by atoms with E-state index in [-0.39, 0.29) is 23.7 Å². The Morgan fingerprint density at radius 3 is 2.89 bits per heavy atom. The number of rotatable bonds is 7. The number of fused-ring (bicyclic) bond motifs is 1. The molecule has 0 aliphatic heterocycles. The lowest BCUT2D eigenvalue weighted by atomic mass is 10.2. The van der Waals surface area contributed by atoms with Gasteiger partial charge in [-0.15, -0.1) is 0 Å². The molecule has 0 saturated heterocycles. The molecule has 0 spiro atoms. The maximum atomic E-state index is 14.2. The van der Waals surface area contributed by atoms with E-state index in [4.69, 9.17) is 4.74 Å². The second kappa shape index (κ2) is 9.05. The van der Waals surface area contributed by atoms with Crippen LogP contribution < -0.4 is 21.7 Å². The number of nitrogens with zero attached hydrogens (tertiary/aromatic N) is 4. The predicted molar refractivity (Wildman–Crippen MR) is 124 cm³/mol. The van der Waals surface area contributed by atoms with Crippen LogP contribution in [-0.4, -0.2) is 48.8 Å². The third-order valence-electron chi connectivity index (χ3n) is 5.41. The topological polar surface area (TPSA) is 150 Å². The highest BCUT2D eigenvalue weighted by molar-refractivity contribution is 5.90. The molecule has 0 atom stereocenters. The average Bonchev–Trinajstić information content (AvgIpc) is 3.48. The summed E-state index contributed by atoms with van der Waals surface area (Å²) in [6.45, 7) is 2.48. The number of benzene rings is 1. The number of hydrogen-bond donors (Lipinski definition) is 4. The molecule has 180 valence electrons. The molecule has 0 bridgehead atoms. The Labute approximate surface area is 197 Å². The molecule has 4 aromatic rings. The lowest BCUT2D eigenvalue weighted by Gasteiger charge is -2.09. The highest BCUT2D eigenvalue weighted by Crippen LogP contribution is 2.28. The van der Waals surface area contributed by atoms with Crippen molar-refractivity contribution in [2.24, 2.45) is 10.9 Å². The molecule has 3 aromatic heterocycles. The van der Waals surface area contributed by atoms with Crippen LogP contribution >= 0.6 is 0 Å². The second-order valence-corrected chi connectivity index (χ2v) is 8.18. The van der Waals surface area contributed by atoms with Crippen molar-refractivity contribution < 1.29 is 19.0 Å². The van der Waals surface area contributed by atoms with Crippen LogP contribution in [0.1, 0.15) is 35.8 Å². The zero-order valence-electron chi connectivity index (χ0n) is 18.7. The first-order chi connectivity index (χ1) is 16.9. The monoisotopic (exact) mass is 479 g/mol. The Bertz CT molecular complexity index is 1600. The molecule has 12 heteroatoms. The molecule has 1 saturated carbocycles. The smallest absolute Gasteiger partial charge is 0.338 e. The molecule has 35 heavy (non-hydrogen) atoms. The van der Waals surface area contributed by atoms with Crippen LogP contribution in [0.15, 0.2) is 40.2 Å². The molecule has 4 N–H and O–H groups in total. The van der Waals surface area contributed by atoms with Crippen molar-refractivity contribution >= 4 is 29.2 Å². The van der Waals surface area contributed by atoms with E-state index in [1.807, 2.05) is 0 Å². The van der Waals surface area contributed by atoms with Crippen molar-refractivity contribution in [1.82, 2.24) is 24.6 Å². The zero-order valence-corrected chi connectivity index (χ0v) is 18.7. The lowest BCUT2D eigenvalue weighted by molar-refractivity contribution is 0.0526. The number of carbonyl (C=O) groups is 1. The van der Waals surface area contributed by atoms with Gasteiger partial charge in [0.15, 0.2) is 11.1 Å². The van der Waals surface area contributed by atoms with Gasteiger partial charge >= 0.3 is 11.7 Å². The predicted octanol–water partition coefficient (Wildman–Crippen LogP) is 1.37. The maximum Gasteiger partial charge on any atom is 0.338 e. The van der Waals surface area contributed by atoms with Gasteiger partial charge in [-0.3, -0.25) is 9.98 Å². The molecule has 1 aromatic carbocycles. The van der Waals surface area contributed by atoms with Crippen LogP contribution in [0, 0.1) is 11.7 Å². The van der Waals surface area contributed by atoms with Gasteiger partial charge < -0.3 is 20.1 Å². The number of esters is 1. The third-order valence-corrected chi connectivity index (χ3v) is 5.41. The molecule has 1 aliphatic rings. The number of ether oxygens (including phenoxy) is 1. The van der Waals surface area contributed by atoms with Crippen LogP contribution in [0.5, 0.6) is 5.88 Å². The number of aromatic hydroxyl groups is 1.